The minimum absolute atomic E-state index is 0.496. The van der Waals surface area contributed by atoms with Gasteiger partial charge in [-0.1, -0.05) is 38.0 Å². The average molecular weight is 275 g/mol. The van der Waals surface area contributed by atoms with E-state index in [0.717, 1.165) is 18.0 Å². The summed E-state index contributed by atoms with van der Waals surface area (Å²) in [5.74, 6) is 1.56. The maximum Gasteiger partial charge on any atom is 0.161 e. The molecule has 1 fully saturated rings. The van der Waals surface area contributed by atoms with Crippen LogP contribution >= 0.6 is 0 Å². The molecule has 0 radical (unpaired) electrons. The molecule has 0 saturated heterocycles. The van der Waals surface area contributed by atoms with Gasteiger partial charge >= 0.3 is 0 Å². The quantitative estimate of drug-likeness (QED) is 0.770. The summed E-state index contributed by atoms with van der Waals surface area (Å²) in [6.45, 7) is 5.04. The van der Waals surface area contributed by atoms with Crippen molar-refractivity contribution in [3.63, 3.8) is 0 Å². The van der Waals surface area contributed by atoms with Gasteiger partial charge in [-0.15, -0.1) is 0 Å². The third kappa shape index (κ3) is 4.27. The maximum absolute atomic E-state index is 5.56. The highest BCUT2D eigenvalue weighted by Crippen LogP contribution is 2.28. The average Bonchev–Trinajstić information content (AvgIpc) is 2.52. The molecule has 1 aromatic rings. The van der Waals surface area contributed by atoms with E-state index in [1.165, 1.54) is 37.7 Å². The number of hydrogen-bond acceptors (Lipinski definition) is 3. The largest absolute Gasteiger partial charge is 0.493 e. The van der Waals surface area contributed by atoms with Crippen molar-refractivity contribution in [1.82, 2.24) is 5.32 Å². The summed E-state index contributed by atoms with van der Waals surface area (Å²) in [6, 6.07) is 6.79. The highest BCUT2D eigenvalue weighted by molar-refractivity contribution is 5.43. The zero-order valence-corrected chi connectivity index (χ0v) is 12.4. The van der Waals surface area contributed by atoms with Crippen molar-refractivity contribution in [2.45, 2.75) is 44.7 Å². The fourth-order valence-corrected chi connectivity index (χ4v) is 2.66. The SMILES string of the molecule is C=CCOc1ccc(CNC2CCCCC2)cc1OC. The van der Waals surface area contributed by atoms with Crippen molar-refractivity contribution >= 4 is 0 Å². The van der Waals surface area contributed by atoms with Crippen molar-refractivity contribution in [1.29, 1.82) is 0 Å². The number of hydrogen-bond donors (Lipinski definition) is 1. The first-order valence-corrected chi connectivity index (χ1v) is 7.47. The molecule has 1 saturated carbocycles. The first-order chi connectivity index (χ1) is 9.83. The van der Waals surface area contributed by atoms with E-state index in [-0.39, 0.29) is 0 Å². The first-order valence-electron chi connectivity index (χ1n) is 7.47. The van der Waals surface area contributed by atoms with Gasteiger partial charge in [0, 0.05) is 12.6 Å². The number of nitrogens with one attached hydrogen (secondary N) is 1. The summed E-state index contributed by atoms with van der Waals surface area (Å²) < 4.78 is 11.0. The second-order valence-corrected chi connectivity index (χ2v) is 5.30. The van der Waals surface area contributed by atoms with E-state index in [1.807, 2.05) is 12.1 Å². The van der Waals surface area contributed by atoms with Crippen molar-refractivity contribution in [2.24, 2.45) is 0 Å². The van der Waals surface area contributed by atoms with Crippen LogP contribution in [0, 0.1) is 0 Å². The summed E-state index contributed by atoms with van der Waals surface area (Å²) in [5.41, 5.74) is 1.23. The van der Waals surface area contributed by atoms with E-state index in [9.17, 15) is 0 Å². The Labute approximate surface area is 122 Å². The van der Waals surface area contributed by atoms with Crippen LogP contribution in [0.5, 0.6) is 11.5 Å². The number of methoxy groups -OCH3 is 1. The lowest BCUT2D eigenvalue weighted by Crippen LogP contribution is -2.30. The molecule has 2 rings (SSSR count). The molecule has 0 aliphatic heterocycles. The first kappa shape index (κ1) is 14.9. The van der Waals surface area contributed by atoms with E-state index in [0.29, 0.717) is 12.6 Å². The molecule has 0 amide bonds. The van der Waals surface area contributed by atoms with Gasteiger partial charge in [-0.3, -0.25) is 0 Å². The van der Waals surface area contributed by atoms with Crippen molar-refractivity contribution in [3.05, 3.63) is 36.4 Å². The fraction of sp³-hybridized carbons (Fsp3) is 0.529. The van der Waals surface area contributed by atoms with Crippen LogP contribution in [-0.4, -0.2) is 19.8 Å². The Morgan fingerprint density at radius 2 is 2.05 bits per heavy atom. The van der Waals surface area contributed by atoms with Crippen LogP contribution < -0.4 is 14.8 Å². The predicted molar refractivity (Wildman–Crippen MR) is 82.4 cm³/mol. The van der Waals surface area contributed by atoms with Crippen LogP contribution in [0.1, 0.15) is 37.7 Å². The molecule has 0 unspecified atom stereocenters. The summed E-state index contributed by atoms with van der Waals surface area (Å²) in [5, 5.41) is 3.64. The van der Waals surface area contributed by atoms with Gasteiger partial charge < -0.3 is 14.8 Å². The van der Waals surface area contributed by atoms with Gasteiger partial charge in [-0.25, -0.2) is 0 Å². The summed E-state index contributed by atoms with van der Waals surface area (Å²) >= 11 is 0. The van der Waals surface area contributed by atoms with Gasteiger partial charge in [0.2, 0.25) is 0 Å². The molecule has 3 nitrogen and oxygen atoms in total. The number of ether oxygens (including phenoxy) is 2. The molecule has 0 aromatic heterocycles. The Hall–Kier alpha value is -1.48. The van der Waals surface area contributed by atoms with E-state index in [1.54, 1.807) is 13.2 Å². The van der Waals surface area contributed by atoms with Crippen molar-refractivity contribution in [2.75, 3.05) is 13.7 Å². The molecule has 1 aliphatic carbocycles. The molecule has 1 aliphatic rings. The summed E-state index contributed by atoms with van der Waals surface area (Å²) in [6.07, 6.45) is 8.44. The molecule has 20 heavy (non-hydrogen) atoms. The fourth-order valence-electron chi connectivity index (χ4n) is 2.66. The molecule has 0 bridgehead atoms. The Kier molecular flexibility index (Phi) is 5.93. The van der Waals surface area contributed by atoms with Gasteiger partial charge in [0.1, 0.15) is 6.61 Å². The summed E-state index contributed by atoms with van der Waals surface area (Å²) in [4.78, 5) is 0. The standard InChI is InChI=1S/C17H25NO2/c1-3-11-20-16-10-9-14(12-17(16)19-2)13-18-15-7-5-4-6-8-15/h3,9-10,12,15,18H,1,4-8,11,13H2,2H3. The molecule has 1 aromatic carbocycles. The second kappa shape index (κ2) is 7.95. The van der Waals surface area contributed by atoms with Crippen molar-refractivity contribution < 1.29 is 9.47 Å². The van der Waals surface area contributed by atoms with Crippen LogP contribution in [0.25, 0.3) is 0 Å². The van der Waals surface area contributed by atoms with Gasteiger partial charge in [-0.05, 0) is 30.5 Å². The molecule has 110 valence electrons. The lowest BCUT2D eigenvalue weighted by Gasteiger charge is -2.23. The van der Waals surface area contributed by atoms with Crippen LogP contribution in [0.4, 0.5) is 0 Å². The molecular weight excluding hydrogens is 250 g/mol. The lowest BCUT2D eigenvalue weighted by atomic mass is 9.95. The van der Waals surface area contributed by atoms with Crippen LogP contribution in [0.2, 0.25) is 0 Å². The van der Waals surface area contributed by atoms with Gasteiger partial charge in [0.15, 0.2) is 11.5 Å². The molecule has 1 N–H and O–H groups in total. The minimum atomic E-state index is 0.496. The topological polar surface area (TPSA) is 30.5 Å². The normalized spacial score (nSPS) is 15.8. The minimum Gasteiger partial charge on any atom is -0.493 e. The highest BCUT2D eigenvalue weighted by atomic mass is 16.5. The zero-order chi connectivity index (χ0) is 14.2. The molecule has 0 heterocycles. The zero-order valence-electron chi connectivity index (χ0n) is 12.4. The monoisotopic (exact) mass is 275 g/mol. The van der Waals surface area contributed by atoms with E-state index >= 15 is 0 Å². The van der Waals surface area contributed by atoms with E-state index < -0.39 is 0 Å². The summed E-state index contributed by atoms with van der Waals surface area (Å²) in [7, 11) is 1.68. The molecule has 3 heteroatoms. The predicted octanol–water partition coefficient (Wildman–Crippen LogP) is 3.68. The molecule has 0 atom stereocenters. The molecule has 0 spiro atoms. The third-order valence-corrected chi connectivity index (χ3v) is 3.78. The third-order valence-electron chi connectivity index (χ3n) is 3.78. The highest BCUT2D eigenvalue weighted by Gasteiger charge is 2.13. The van der Waals surface area contributed by atoms with Gasteiger partial charge in [0.05, 0.1) is 7.11 Å². The Balaban J connectivity index is 1.92. The van der Waals surface area contributed by atoms with Crippen LogP contribution in [0.15, 0.2) is 30.9 Å². The van der Waals surface area contributed by atoms with E-state index in [2.05, 4.69) is 18.0 Å². The van der Waals surface area contributed by atoms with Crippen molar-refractivity contribution in [3.8, 4) is 11.5 Å². The second-order valence-electron chi connectivity index (χ2n) is 5.30. The number of rotatable bonds is 7. The Morgan fingerprint density at radius 1 is 1.25 bits per heavy atom. The Bertz CT molecular complexity index is 425. The van der Waals surface area contributed by atoms with Gasteiger partial charge in [0.25, 0.3) is 0 Å². The Morgan fingerprint density at radius 3 is 2.75 bits per heavy atom. The van der Waals surface area contributed by atoms with E-state index in [4.69, 9.17) is 9.47 Å². The number of benzene rings is 1. The van der Waals surface area contributed by atoms with Gasteiger partial charge in [-0.2, -0.15) is 0 Å². The molecular formula is C17H25NO2. The maximum atomic E-state index is 5.56. The van der Waals surface area contributed by atoms with Crippen LogP contribution in [-0.2, 0) is 6.54 Å². The van der Waals surface area contributed by atoms with Crippen LogP contribution in [0.3, 0.4) is 0 Å². The lowest BCUT2D eigenvalue weighted by molar-refractivity contribution is 0.325. The smallest absolute Gasteiger partial charge is 0.161 e.